The summed E-state index contributed by atoms with van der Waals surface area (Å²) >= 11 is 1.37. The fourth-order valence-electron chi connectivity index (χ4n) is 3.58. The van der Waals surface area contributed by atoms with E-state index in [0.29, 0.717) is 16.3 Å². The van der Waals surface area contributed by atoms with Gasteiger partial charge < -0.3 is 10.1 Å². The Balaban J connectivity index is 1.63. The number of nitrogens with one attached hydrogen (secondary N) is 1. The highest BCUT2D eigenvalue weighted by molar-refractivity contribution is 7.92. The van der Waals surface area contributed by atoms with Crippen LogP contribution < -0.4 is 14.4 Å². The predicted octanol–water partition coefficient (Wildman–Crippen LogP) is 5.69. The van der Waals surface area contributed by atoms with Crippen molar-refractivity contribution in [3.63, 3.8) is 0 Å². The lowest BCUT2D eigenvalue weighted by Crippen LogP contribution is -2.30. The standard InChI is InChI=1S/C25H24N2O4S2/c1-4-27(33(29,30)22-11-9-21(31-3)10-12-22)20-8-13-23-18(15-20)16-24(32-23)25(28)26-19-7-5-6-17(2)14-19/h5-16H,4H2,1-3H3,(H,26,28). The zero-order chi connectivity index (χ0) is 23.6. The number of ether oxygens (including phenoxy) is 1. The van der Waals surface area contributed by atoms with Crippen molar-refractivity contribution >= 4 is 48.7 Å². The Bertz CT molecular complexity index is 1410. The first-order chi connectivity index (χ1) is 15.8. The Morgan fingerprint density at radius 3 is 2.45 bits per heavy atom. The quantitative estimate of drug-likeness (QED) is 0.369. The number of thiophene rings is 1. The minimum atomic E-state index is -3.75. The van der Waals surface area contributed by atoms with Crippen molar-refractivity contribution in [3.8, 4) is 5.75 Å². The summed E-state index contributed by atoms with van der Waals surface area (Å²) in [5, 5.41) is 3.73. The number of rotatable bonds is 7. The second-order valence-corrected chi connectivity index (χ2v) is 10.4. The Morgan fingerprint density at radius 2 is 1.79 bits per heavy atom. The summed E-state index contributed by atoms with van der Waals surface area (Å²) in [5.74, 6) is 0.398. The lowest BCUT2D eigenvalue weighted by Gasteiger charge is -2.23. The maximum atomic E-state index is 13.3. The zero-order valence-corrected chi connectivity index (χ0v) is 20.2. The summed E-state index contributed by atoms with van der Waals surface area (Å²) in [6.45, 7) is 4.03. The van der Waals surface area contributed by atoms with Gasteiger partial charge in [-0.2, -0.15) is 0 Å². The fraction of sp³-hybridized carbons (Fsp3) is 0.160. The average molecular weight is 481 g/mol. The number of anilines is 2. The number of sulfonamides is 1. The van der Waals surface area contributed by atoms with E-state index in [1.54, 1.807) is 37.3 Å². The van der Waals surface area contributed by atoms with Gasteiger partial charge in [-0.25, -0.2) is 8.42 Å². The third kappa shape index (κ3) is 4.72. The minimum absolute atomic E-state index is 0.189. The molecule has 0 fully saturated rings. The Labute approximate surface area is 197 Å². The molecule has 0 aliphatic carbocycles. The van der Waals surface area contributed by atoms with E-state index in [1.165, 1.54) is 34.9 Å². The SMILES string of the molecule is CCN(c1ccc2sc(C(=O)Nc3cccc(C)c3)cc2c1)S(=O)(=O)c1ccc(OC)cc1. The van der Waals surface area contributed by atoms with Crippen LogP contribution in [0.5, 0.6) is 5.75 Å². The normalized spacial score (nSPS) is 11.4. The van der Waals surface area contributed by atoms with E-state index >= 15 is 0 Å². The van der Waals surface area contributed by atoms with Crippen molar-refractivity contribution < 1.29 is 17.9 Å². The molecule has 0 unspecified atom stereocenters. The van der Waals surface area contributed by atoms with Crippen LogP contribution in [0.15, 0.2) is 77.7 Å². The first-order valence-electron chi connectivity index (χ1n) is 10.4. The molecule has 0 aliphatic rings. The van der Waals surface area contributed by atoms with Crippen molar-refractivity contribution in [2.45, 2.75) is 18.7 Å². The molecule has 4 rings (SSSR count). The van der Waals surface area contributed by atoms with E-state index in [1.807, 2.05) is 37.3 Å². The maximum Gasteiger partial charge on any atom is 0.265 e. The second kappa shape index (κ2) is 9.25. The van der Waals surface area contributed by atoms with Gasteiger partial charge in [0.1, 0.15) is 5.75 Å². The third-order valence-corrected chi connectivity index (χ3v) is 8.25. The van der Waals surface area contributed by atoms with Crippen LogP contribution >= 0.6 is 11.3 Å². The van der Waals surface area contributed by atoms with Gasteiger partial charge in [0.2, 0.25) is 0 Å². The number of methoxy groups -OCH3 is 1. The lowest BCUT2D eigenvalue weighted by atomic mass is 10.2. The number of nitrogens with zero attached hydrogens (tertiary/aromatic N) is 1. The van der Waals surface area contributed by atoms with Gasteiger partial charge in [0.05, 0.1) is 22.6 Å². The molecule has 8 heteroatoms. The fourth-order valence-corrected chi connectivity index (χ4v) is 5.98. The molecule has 3 aromatic carbocycles. The molecule has 0 saturated heterocycles. The molecular formula is C25H24N2O4S2. The number of amides is 1. The molecule has 1 heterocycles. The number of carbonyl (C=O) groups excluding carboxylic acids is 1. The molecule has 170 valence electrons. The molecule has 0 radical (unpaired) electrons. The van der Waals surface area contributed by atoms with E-state index in [0.717, 1.165) is 21.3 Å². The van der Waals surface area contributed by atoms with Crippen LogP contribution in [0.1, 0.15) is 22.2 Å². The zero-order valence-electron chi connectivity index (χ0n) is 18.5. The summed E-state index contributed by atoms with van der Waals surface area (Å²) in [4.78, 5) is 13.5. The van der Waals surface area contributed by atoms with E-state index in [4.69, 9.17) is 4.74 Å². The van der Waals surface area contributed by atoms with Crippen molar-refractivity contribution in [2.24, 2.45) is 0 Å². The van der Waals surface area contributed by atoms with E-state index < -0.39 is 10.0 Å². The molecule has 1 amide bonds. The molecule has 1 aromatic heterocycles. The van der Waals surface area contributed by atoms with Gasteiger partial charge in [-0.05, 0) is 85.5 Å². The third-order valence-electron chi connectivity index (χ3n) is 5.22. The monoisotopic (exact) mass is 480 g/mol. The summed E-state index contributed by atoms with van der Waals surface area (Å²) in [6, 6.07) is 21.2. The maximum absolute atomic E-state index is 13.3. The molecular weight excluding hydrogens is 456 g/mol. The number of carbonyl (C=O) groups is 1. The minimum Gasteiger partial charge on any atom is -0.497 e. The van der Waals surface area contributed by atoms with Gasteiger partial charge >= 0.3 is 0 Å². The van der Waals surface area contributed by atoms with Crippen molar-refractivity contribution in [2.75, 3.05) is 23.3 Å². The smallest absolute Gasteiger partial charge is 0.265 e. The molecule has 4 aromatic rings. The summed E-state index contributed by atoms with van der Waals surface area (Å²) in [6.07, 6.45) is 0. The molecule has 33 heavy (non-hydrogen) atoms. The number of hydrogen-bond acceptors (Lipinski definition) is 5. The van der Waals surface area contributed by atoms with Gasteiger partial charge in [0.15, 0.2) is 0 Å². The first kappa shape index (κ1) is 22.8. The lowest BCUT2D eigenvalue weighted by molar-refractivity contribution is 0.103. The predicted molar refractivity (Wildman–Crippen MR) is 134 cm³/mol. The second-order valence-electron chi connectivity index (χ2n) is 7.50. The van der Waals surface area contributed by atoms with E-state index in [-0.39, 0.29) is 17.3 Å². The number of benzene rings is 3. The summed E-state index contributed by atoms with van der Waals surface area (Å²) in [5.41, 5.74) is 2.34. The van der Waals surface area contributed by atoms with Crippen LogP contribution in [0.2, 0.25) is 0 Å². The van der Waals surface area contributed by atoms with Crippen molar-refractivity contribution in [1.82, 2.24) is 0 Å². The highest BCUT2D eigenvalue weighted by Gasteiger charge is 2.24. The molecule has 0 spiro atoms. The van der Waals surface area contributed by atoms with Crippen LogP contribution in [-0.2, 0) is 10.0 Å². The number of hydrogen-bond donors (Lipinski definition) is 1. The van der Waals surface area contributed by atoms with Crippen LogP contribution in [0, 0.1) is 6.92 Å². The van der Waals surface area contributed by atoms with Gasteiger partial charge in [-0.3, -0.25) is 9.10 Å². The Morgan fingerprint density at radius 1 is 1.03 bits per heavy atom. The highest BCUT2D eigenvalue weighted by atomic mass is 32.2. The average Bonchev–Trinajstić information content (AvgIpc) is 3.23. The Hall–Kier alpha value is -3.36. The Kier molecular flexibility index (Phi) is 6.40. The molecule has 0 saturated carbocycles. The highest BCUT2D eigenvalue weighted by Crippen LogP contribution is 2.32. The van der Waals surface area contributed by atoms with Gasteiger partial charge in [0, 0.05) is 16.9 Å². The van der Waals surface area contributed by atoms with E-state index in [2.05, 4.69) is 5.32 Å². The van der Waals surface area contributed by atoms with E-state index in [9.17, 15) is 13.2 Å². The largest absolute Gasteiger partial charge is 0.497 e. The van der Waals surface area contributed by atoms with Crippen LogP contribution in [0.25, 0.3) is 10.1 Å². The van der Waals surface area contributed by atoms with Crippen LogP contribution in [0.3, 0.4) is 0 Å². The van der Waals surface area contributed by atoms with Gasteiger partial charge in [0.25, 0.3) is 15.9 Å². The molecule has 0 bridgehead atoms. The summed E-state index contributed by atoms with van der Waals surface area (Å²) < 4.78 is 33.9. The molecule has 1 N–H and O–H groups in total. The van der Waals surface area contributed by atoms with Crippen LogP contribution in [0.4, 0.5) is 11.4 Å². The van der Waals surface area contributed by atoms with Crippen molar-refractivity contribution in [3.05, 3.63) is 83.2 Å². The molecule has 0 aliphatic heterocycles. The first-order valence-corrected chi connectivity index (χ1v) is 12.7. The summed E-state index contributed by atoms with van der Waals surface area (Å²) in [7, 11) is -2.22. The van der Waals surface area contributed by atoms with Gasteiger partial charge in [-0.15, -0.1) is 11.3 Å². The number of aryl methyl sites for hydroxylation is 1. The van der Waals surface area contributed by atoms with Gasteiger partial charge in [-0.1, -0.05) is 12.1 Å². The molecule has 6 nitrogen and oxygen atoms in total. The number of fused-ring (bicyclic) bond motifs is 1. The molecule has 0 atom stereocenters. The van der Waals surface area contributed by atoms with Crippen LogP contribution in [-0.4, -0.2) is 28.0 Å². The topological polar surface area (TPSA) is 75.7 Å². The van der Waals surface area contributed by atoms with Crippen molar-refractivity contribution in [1.29, 1.82) is 0 Å².